The number of rotatable bonds is 7. The average molecular weight is 493 g/mol. The zero-order valence-corrected chi connectivity index (χ0v) is 19.8. The summed E-state index contributed by atoms with van der Waals surface area (Å²) in [5, 5.41) is 6.69. The van der Waals surface area contributed by atoms with Crippen LogP contribution in [-0.2, 0) is 4.79 Å². The molecule has 2 N–H and O–H groups in total. The van der Waals surface area contributed by atoms with Gasteiger partial charge in [0.1, 0.15) is 0 Å². The van der Waals surface area contributed by atoms with E-state index in [0.717, 1.165) is 44.5 Å². The van der Waals surface area contributed by atoms with Gasteiger partial charge in [-0.2, -0.15) is 0 Å². The van der Waals surface area contributed by atoms with Crippen LogP contribution in [0.4, 0.5) is 0 Å². The zero-order valence-electron chi connectivity index (χ0n) is 17.5. The quantitative estimate of drug-likeness (QED) is 0.326. The highest BCUT2D eigenvalue weighted by molar-refractivity contribution is 14.0. The Labute approximate surface area is 182 Å². The Morgan fingerprint density at radius 1 is 1.07 bits per heavy atom. The first-order valence-corrected chi connectivity index (χ1v) is 10.6. The lowest BCUT2D eigenvalue weighted by atomic mass is 10.0. The summed E-state index contributed by atoms with van der Waals surface area (Å²) in [5.41, 5.74) is 0. The minimum absolute atomic E-state index is 0. The van der Waals surface area contributed by atoms with Crippen LogP contribution in [0, 0.1) is 0 Å². The molecule has 0 aromatic rings. The summed E-state index contributed by atoms with van der Waals surface area (Å²) in [7, 11) is 1.79. The molecule has 0 bridgehead atoms. The third kappa shape index (κ3) is 8.13. The number of likely N-dealkylation sites (tertiary alicyclic amines) is 2. The number of guanidine groups is 1. The number of carbonyl (C=O) groups excluding carboxylic acids is 1. The van der Waals surface area contributed by atoms with Gasteiger partial charge in [0.15, 0.2) is 5.96 Å². The van der Waals surface area contributed by atoms with Crippen LogP contribution in [0.15, 0.2) is 4.99 Å². The van der Waals surface area contributed by atoms with Gasteiger partial charge in [-0.3, -0.25) is 14.7 Å². The molecule has 2 saturated heterocycles. The number of amides is 1. The van der Waals surface area contributed by atoms with Crippen molar-refractivity contribution in [3.05, 3.63) is 0 Å². The molecular weight excluding hydrogens is 453 g/mol. The molecule has 0 aromatic carbocycles. The first-order valence-electron chi connectivity index (χ1n) is 10.6. The average Bonchev–Trinajstić information content (AvgIpc) is 2.67. The highest BCUT2D eigenvalue weighted by Gasteiger charge is 2.23. The molecule has 2 aliphatic rings. The first kappa shape index (κ1) is 24.5. The predicted octanol–water partition coefficient (Wildman–Crippen LogP) is 2.83. The van der Waals surface area contributed by atoms with Gasteiger partial charge in [-0.05, 0) is 52.0 Å². The van der Waals surface area contributed by atoms with Crippen molar-refractivity contribution in [2.24, 2.45) is 4.99 Å². The number of piperidine rings is 2. The van der Waals surface area contributed by atoms with E-state index in [2.05, 4.69) is 34.4 Å². The molecule has 2 unspecified atom stereocenters. The van der Waals surface area contributed by atoms with Gasteiger partial charge in [-0.15, -0.1) is 24.0 Å². The van der Waals surface area contributed by atoms with Crippen molar-refractivity contribution in [2.45, 2.75) is 77.3 Å². The molecule has 7 heteroatoms. The van der Waals surface area contributed by atoms with Crippen LogP contribution in [0.1, 0.15) is 65.2 Å². The normalized spacial score (nSPS) is 24.3. The Morgan fingerprint density at radius 2 is 1.78 bits per heavy atom. The fraction of sp³-hybridized carbons (Fsp3) is 0.900. The van der Waals surface area contributed by atoms with E-state index in [0.29, 0.717) is 19.0 Å². The van der Waals surface area contributed by atoms with Crippen molar-refractivity contribution in [2.75, 3.05) is 39.8 Å². The molecule has 158 valence electrons. The number of hydrogen-bond acceptors (Lipinski definition) is 3. The molecular formula is C20H40IN5O. The molecule has 2 rings (SSSR count). The van der Waals surface area contributed by atoms with Crippen LogP contribution in [0.2, 0.25) is 0 Å². The van der Waals surface area contributed by atoms with Gasteiger partial charge in [0.25, 0.3) is 0 Å². The van der Waals surface area contributed by atoms with E-state index in [9.17, 15) is 4.79 Å². The zero-order chi connectivity index (χ0) is 18.8. The molecule has 2 fully saturated rings. The second-order valence-corrected chi connectivity index (χ2v) is 7.70. The summed E-state index contributed by atoms with van der Waals surface area (Å²) in [6, 6.07) is 1.13. The number of hydrogen-bond donors (Lipinski definition) is 2. The number of aliphatic imine (C=N–C) groups is 1. The summed E-state index contributed by atoms with van der Waals surface area (Å²) in [5.74, 6) is 1.06. The molecule has 6 nitrogen and oxygen atoms in total. The van der Waals surface area contributed by atoms with Crippen LogP contribution >= 0.6 is 24.0 Å². The topological polar surface area (TPSA) is 60.0 Å². The first-order chi connectivity index (χ1) is 12.7. The maximum absolute atomic E-state index is 12.4. The van der Waals surface area contributed by atoms with Crippen molar-refractivity contribution >= 4 is 35.8 Å². The standard InChI is InChI=1S/C20H39N5O.HI/c1-4-18-10-6-7-14-24(18)16-13-23-20(21-3)22-12-11-19(26)25-15-8-5-9-17(25)2;/h17-18H,4-16H2,1-3H3,(H2,21,22,23);1H. The van der Waals surface area contributed by atoms with Crippen molar-refractivity contribution in [1.82, 2.24) is 20.4 Å². The Bertz CT molecular complexity index is 460. The molecule has 2 aliphatic heterocycles. The molecule has 1 amide bonds. The van der Waals surface area contributed by atoms with Gasteiger partial charge in [0.2, 0.25) is 5.91 Å². The van der Waals surface area contributed by atoms with E-state index in [1.54, 1.807) is 7.05 Å². The SMILES string of the molecule is CCC1CCCCN1CCNC(=NC)NCCC(=O)N1CCCCC1C.I. The van der Waals surface area contributed by atoms with Crippen molar-refractivity contribution in [1.29, 1.82) is 0 Å². The van der Waals surface area contributed by atoms with Gasteiger partial charge >= 0.3 is 0 Å². The van der Waals surface area contributed by atoms with Crippen molar-refractivity contribution < 1.29 is 4.79 Å². The van der Waals surface area contributed by atoms with E-state index < -0.39 is 0 Å². The van der Waals surface area contributed by atoms with E-state index >= 15 is 0 Å². The van der Waals surface area contributed by atoms with Gasteiger partial charge in [0.05, 0.1) is 0 Å². The Balaban J connectivity index is 0.00000364. The molecule has 0 spiro atoms. The molecule has 0 aromatic heterocycles. The number of nitrogens with one attached hydrogen (secondary N) is 2. The molecule has 0 saturated carbocycles. The second-order valence-electron chi connectivity index (χ2n) is 7.70. The summed E-state index contributed by atoms with van der Waals surface area (Å²) in [6.45, 7) is 9.18. The summed E-state index contributed by atoms with van der Waals surface area (Å²) < 4.78 is 0. The maximum atomic E-state index is 12.4. The van der Waals surface area contributed by atoms with Crippen LogP contribution < -0.4 is 10.6 Å². The van der Waals surface area contributed by atoms with Gasteiger partial charge < -0.3 is 15.5 Å². The van der Waals surface area contributed by atoms with E-state index in [1.807, 2.05) is 4.90 Å². The number of halogens is 1. The highest BCUT2D eigenvalue weighted by atomic mass is 127. The second kappa shape index (κ2) is 13.6. The molecule has 2 atom stereocenters. The number of nitrogens with zero attached hydrogens (tertiary/aromatic N) is 3. The minimum Gasteiger partial charge on any atom is -0.356 e. The smallest absolute Gasteiger partial charge is 0.224 e. The summed E-state index contributed by atoms with van der Waals surface area (Å²) in [6.07, 6.45) is 9.32. The van der Waals surface area contributed by atoms with Crippen LogP contribution in [0.5, 0.6) is 0 Å². The lowest BCUT2D eigenvalue weighted by Gasteiger charge is -2.35. The highest BCUT2D eigenvalue weighted by Crippen LogP contribution is 2.18. The monoisotopic (exact) mass is 493 g/mol. The van der Waals surface area contributed by atoms with Gasteiger partial charge in [-0.1, -0.05) is 13.3 Å². The van der Waals surface area contributed by atoms with E-state index in [1.165, 1.54) is 38.6 Å². The molecule has 2 heterocycles. The Kier molecular flexibility index (Phi) is 12.3. The summed E-state index contributed by atoms with van der Waals surface area (Å²) in [4.78, 5) is 21.3. The summed E-state index contributed by atoms with van der Waals surface area (Å²) >= 11 is 0. The van der Waals surface area contributed by atoms with Crippen LogP contribution in [-0.4, -0.2) is 73.5 Å². The molecule has 0 radical (unpaired) electrons. The fourth-order valence-electron chi connectivity index (χ4n) is 4.26. The van der Waals surface area contributed by atoms with Crippen LogP contribution in [0.25, 0.3) is 0 Å². The van der Waals surface area contributed by atoms with E-state index in [4.69, 9.17) is 0 Å². The minimum atomic E-state index is 0. The Hall–Kier alpha value is -0.570. The van der Waals surface area contributed by atoms with Gasteiger partial charge in [-0.25, -0.2) is 0 Å². The van der Waals surface area contributed by atoms with Crippen molar-refractivity contribution in [3.8, 4) is 0 Å². The van der Waals surface area contributed by atoms with Gasteiger partial charge in [0, 0.05) is 51.7 Å². The molecule has 0 aliphatic carbocycles. The lowest BCUT2D eigenvalue weighted by Crippen LogP contribution is -2.47. The fourth-order valence-corrected chi connectivity index (χ4v) is 4.26. The van der Waals surface area contributed by atoms with Crippen molar-refractivity contribution in [3.63, 3.8) is 0 Å². The van der Waals surface area contributed by atoms with Crippen LogP contribution in [0.3, 0.4) is 0 Å². The van der Waals surface area contributed by atoms with E-state index in [-0.39, 0.29) is 29.9 Å². The lowest BCUT2D eigenvalue weighted by molar-refractivity contribution is -0.134. The largest absolute Gasteiger partial charge is 0.356 e. The Morgan fingerprint density at radius 3 is 2.48 bits per heavy atom. The predicted molar refractivity (Wildman–Crippen MR) is 124 cm³/mol. The number of carbonyl (C=O) groups is 1. The molecule has 27 heavy (non-hydrogen) atoms. The maximum Gasteiger partial charge on any atom is 0.224 e. The third-order valence-electron chi connectivity index (χ3n) is 5.89. The third-order valence-corrected chi connectivity index (χ3v) is 5.89.